The molecular weight excluding hydrogens is 314 g/mol. The fourth-order valence-corrected chi connectivity index (χ4v) is 2.84. The Hall–Kier alpha value is -3.16. The zero-order chi connectivity index (χ0) is 16.7. The summed E-state index contributed by atoms with van der Waals surface area (Å²) >= 11 is 0. The molecule has 1 aromatic heterocycles. The first-order valence-corrected chi connectivity index (χ1v) is 7.29. The summed E-state index contributed by atoms with van der Waals surface area (Å²) in [6, 6.07) is 3.59. The van der Waals surface area contributed by atoms with Crippen molar-refractivity contribution in [2.45, 2.75) is 12.3 Å². The molecule has 1 unspecified atom stereocenters. The minimum Gasteiger partial charge on any atom is -0.464 e. The molecule has 122 valence electrons. The van der Waals surface area contributed by atoms with Crippen molar-refractivity contribution in [3.05, 3.63) is 41.5 Å². The molecule has 1 atom stereocenters. The van der Waals surface area contributed by atoms with E-state index in [0.29, 0.717) is 22.9 Å². The third kappa shape index (κ3) is 2.32. The van der Waals surface area contributed by atoms with E-state index >= 15 is 0 Å². The highest BCUT2D eigenvalue weighted by Crippen LogP contribution is 2.44. The smallest absolute Gasteiger partial charge is 0.358 e. The van der Waals surface area contributed by atoms with E-state index in [0.717, 1.165) is 5.56 Å². The summed E-state index contributed by atoms with van der Waals surface area (Å²) < 4.78 is 15.4. The molecule has 0 bridgehead atoms. The van der Waals surface area contributed by atoms with Gasteiger partial charge in [0.1, 0.15) is 0 Å². The molecule has 0 saturated carbocycles. The van der Waals surface area contributed by atoms with Crippen LogP contribution in [0.1, 0.15) is 34.1 Å². The molecule has 4 rings (SSSR count). The van der Waals surface area contributed by atoms with Gasteiger partial charge >= 0.3 is 5.97 Å². The van der Waals surface area contributed by atoms with Crippen LogP contribution in [0.5, 0.6) is 11.5 Å². The summed E-state index contributed by atoms with van der Waals surface area (Å²) in [4.78, 5) is 31.8. The molecule has 0 spiro atoms. The minimum atomic E-state index is -0.556. The average molecular weight is 327 g/mol. The Morgan fingerprint density at radius 2 is 2.04 bits per heavy atom. The van der Waals surface area contributed by atoms with Gasteiger partial charge in [-0.1, -0.05) is 0 Å². The number of ether oxygens (including phenoxy) is 3. The second-order valence-corrected chi connectivity index (χ2v) is 5.42. The Balaban J connectivity index is 1.74. The largest absolute Gasteiger partial charge is 0.464 e. The van der Waals surface area contributed by atoms with Crippen LogP contribution < -0.4 is 14.8 Å². The van der Waals surface area contributed by atoms with Crippen molar-refractivity contribution in [3.8, 4) is 11.5 Å². The van der Waals surface area contributed by atoms with Crippen molar-refractivity contribution in [2.24, 2.45) is 0 Å². The van der Waals surface area contributed by atoms with Gasteiger partial charge in [0.15, 0.2) is 17.2 Å². The van der Waals surface area contributed by atoms with Gasteiger partial charge < -0.3 is 19.5 Å². The van der Waals surface area contributed by atoms with E-state index in [2.05, 4.69) is 20.0 Å². The molecule has 0 fully saturated rings. The lowest BCUT2D eigenvalue weighted by Gasteiger charge is -2.25. The second kappa shape index (κ2) is 5.48. The number of amides is 1. The van der Waals surface area contributed by atoms with Gasteiger partial charge in [-0.2, -0.15) is 0 Å². The zero-order valence-electron chi connectivity index (χ0n) is 12.7. The lowest BCUT2D eigenvalue weighted by molar-refractivity contribution is -0.116. The third-order valence-corrected chi connectivity index (χ3v) is 4.01. The predicted octanol–water partition coefficient (Wildman–Crippen LogP) is 1.47. The van der Waals surface area contributed by atoms with Gasteiger partial charge in [0, 0.05) is 24.1 Å². The number of fused-ring (bicyclic) bond motifs is 2. The number of esters is 1. The van der Waals surface area contributed by atoms with E-state index in [9.17, 15) is 9.59 Å². The predicted molar refractivity (Wildman–Crippen MR) is 81.0 cm³/mol. The lowest BCUT2D eigenvalue weighted by Crippen LogP contribution is -2.24. The molecule has 1 aromatic carbocycles. The highest BCUT2D eigenvalue weighted by Gasteiger charge is 2.31. The molecule has 24 heavy (non-hydrogen) atoms. The van der Waals surface area contributed by atoms with E-state index in [-0.39, 0.29) is 30.7 Å². The van der Waals surface area contributed by atoms with Crippen LogP contribution in [0.2, 0.25) is 0 Å². The van der Waals surface area contributed by atoms with E-state index in [1.165, 1.54) is 19.5 Å². The van der Waals surface area contributed by atoms with Crippen molar-refractivity contribution in [2.75, 3.05) is 19.2 Å². The number of nitrogens with zero attached hydrogens (tertiary/aromatic N) is 2. The van der Waals surface area contributed by atoms with Crippen LogP contribution in [-0.4, -0.2) is 35.7 Å². The second-order valence-electron chi connectivity index (χ2n) is 5.42. The Bertz CT molecular complexity index is 834. The van der Waals surface area contributed by atoms with Gasteiger partial charge in [-0.05, 0) is 11.6 Å². The molecular formula is C16H13N3O5. The Morgan fingerprint density at radius 1 is 1.25 bits per heavy atom. The summed E-state index contributed by atoms with van der Waals surface area (Å²) in [6.07, 6.45) is 3.07. The highest BCUT2D eigenvalue weighted by atomic mass is 16.7. The number of anilines is 1. The van der Waals surface area contributed by atoms with Crippen LogP contribution in [0, 0.1) is 0 Å². The van der Waals surface area contributed by atoms with Crippen LogP contribution in [-0.2, 0) is 9.53 Å². The SMILES string of the molecule is COC(=O)c1cnc(C2CC(=O)Nc3cc4c(cc32)OCO4)cn1. The average Bonchev–Trinajstić information content (AvgIpc) is 3.06. The van der Waals surface area contributed by atoms with Gasteiger partial charge in [0.25, 0.3) is 0 Å². The minimum absolute atomic E-state index is 0.118. The maximum Gasteiger partial charge on any atom is 0.358 e. The number of carbonyl (C=O) groups excluding carboxylic acids is 2. The molecule has 3 heterocycles. The molecule has 0 saturated heterocycles. The maximum absolute atomic E-state index is 12.0. The highest BCUT2D eigenvalue weighted by molar-refractivity contribution is 5.96. The number of carbonyl (C=O) groups is 2. The quantitative estimate of drug-likeness (QED) is 0.834. The topological polar surface area (TPSA) is 99.6 Å². The molecule has 0 aliphatic carbocycles. The third-order valence-electron chi connectivity index (χ3n) is 4.01. The van der Waals surface area contributed by atoms with Crippen LogP contribution in [0.25, 0.3) is 0 Å². The number of hydrogen-bond acceptors (Lipinski definition) is 7. The standard InChI is InChI=1S/C16H13N3O5/c1-22-16(21)12-6-17-11(5-18-12)9-3-15(20)19-10-4-14-13(2-8(9)10)23-7-24-14/h2,4-6,9H,3,7H2,1H3,(H,19,20). The van der Waals surface area contributed by atoms with Crippen LogP contribution >= 0.6 is 0 Å². The number of nitrogens with one attached hydrogen (secondary N) is 1. The summed E-state index contributed by atoms with van der Waals surface area (Å²) in [7, 11) is 1.28. The molecule has 2 aliphatic rings. The normalized spacial score (nSPS) is 17.9. The summed E-state index contributed by atoms with van der Waals surface area (Å²) in [5.74, 6) is 0.280. The van der Waals surface area contributed by atoms with Crippen molar-refractivity contribution in [1.29, 1.82) is 0 Å². The number of hydrogen-bond donors (Lipinski definition) is 1. The summed E-state index contributed by atoms with van der Waals surface area (Å²) in [5, 5.41) is 2.83. The van der Waals surface area contributed by atoms with E-state index < -0.39 is 5.97 Å². The Morgan fingerprint density at radius 3 is 2.75 bits per heavy atom. The van der Waals surface area contributed by atoms with Crippen LogP contribution in [0.15, 0.2) is 24.5 Å². The van der Waals surface area contributed by atoms with Crippen LogP contribution in [0.3, 0.4) is 0 Å². The molecule has 8 nitrogen and oxygen atoms in total. The summed E-state index contributed by atoms with van der Waals surface area (Å²) in [6.45, 7) is 0.157. The Kier molecular flexibility index (Phi) is 3.30. The fourth-order valence-electron chi connectivity index (χ4n) is 2.84. The molecule has 2 aliphatic heterocycles. The first-order valence-electron chi connectivity index (χ1n) is 7.29. The van der Waals surface area contributed by atoms with Gasteiger partial charge in [-0.3, -0.25) is 9.78 Å². The van der Waals surface area contributed by atoms with Gasteiger partial charge in [-0.25, -0.2) is 9.78 Å². The number of rotatable bonds is 2. The summed E-state index contributed by atoms with van der Waals surface area (Å²) in [5.41, 5.74) is 2.25. The molecule has 1 amide bonds. The van der Waals surface area contributed by atoms with Crippen LogP contribution in [0.4, 0.5) is 5.69 Å². The van der Waals surface area contributed by atoms with Gasteiger partial charge in [0.05, 0.1) is 25.2 Å². The van der Waals surface area contributed by atoms with Gasteiger partial charge in [-0.15, -0.1) is 0 Å². The van der Waals surface area contributed by atoms with E-state index in [1.54, 1.807) is 6.07 Å². The number of methoxy groups -OCH3 is 1. The van der Waals surface area contributed by atoms with E-state index in [1.807, 2.05) is 6.07 Å². The lowest BCUT2D eigenvalue weighted by atomic mass is 9.87. The maximum atomic E-state index is 12.0. The monoisotopic (exact) mass is 327 g/mol. The number of benzene rings is 1. The molecule has 2 aromatic rings. The molecule has 8 heteroatoms. The Labute approximate surface area is 136 Å². The van der Waals surface area contributed by atoms with Crippen molar-refractivity contribution in [3.63, 3.8) is 0 Å². The molecule has 1 N–H and O–H groups in total. The van der Waals surface area contributed by atoms with Crippen molar-refractivity contribution >= 4 is 17.6 Å². The van der Waals surface area contributed by atoms with E-state index in [4.69, 9.17) is 9.47 Å². The van der Waals surface area contributed by atoms with Gasteiger partial charge in [0.2, 0.25) is 12.7 Å². The molecule has 0 radical (unpaired) electrons. The van der Waals surface area contributed by atoms with Crippen molar-refractivity contribution in [1.82, 2.24) is 9.97 Å². The first-order chi connectivity index (χ1) is 11.7. The zero-order valence-corrected chi connectivity index (χ0v) is 12.7. The fraction of sp³-hybridized carbons (Fsp3) is 0.250. The first kappa shape index (κ1) is 14.4. The number of aromatic nitrogens is 2. The van der Waals surface area contributed by atoms with Crippen molar-refractivity contribution < 1.29 is 23.8 Å².